The predicted octanol–water partition coefficient (Wildman–Crippen LogP) is 0.748. The van der Waals surface area contributed by atoms with Crippen LogP contribution in [0.3, 0.4) is 0 Å². The molecule has 1 saturated heterocycles. The quantitative estimate of drug-likeness (QED) is 0.762. The molecule has 1 aliphatic carbocycles. The molecule has 2 unspecified atom stereocenters. The molecule has 1 saturated carbocycles. The maximum atomic E-state index is 12.4. The molecule has 0 spiro atoms. The fourth-order valence-corrected chi connectivity index (χ4v) is 2.77. The number of rotatable bonds is 4. The van der Waals surface area contributed by atoms with E-state index in [2.05, 4.69) is 12.2 Å². The van der Waals surface area contributed by atoms with E-state index in [-0.39, 0.29) is 18.6 Å². The van der Waals surface area contributed by atoms with Gasteiger partial charge in [-0.3, -0.25) is 4.79 Å². The summed E-state index contributed by atoms with van der Waals surface area (Å²) in [6, 6.07) is 0.361. The van der Waals surface area contributed by atoms with Gasteiger partial charge in [-0.25, -0.2) is 0 Å². The monoisotopic (exact) mass is 240 g/mol. The highest BCUT2D eigenvalue weighted by atomic mass is 16.3. The van der Waals surface area contributed by atoms with Gasteiger partial charge in [0.2, 0.25) is 5.91 Å². The van der Waals surface area contributed by atoms with Gasteiger partial charge in [0.05, 0.1) is 12.6 Å². The van der Waals surface area contributed by atoms with Gasteiger partial charge < -0.3 is 15.3 Å². The first-order valence-electron chi connectivity index (χ1n) is 6.87. The van der Waals surface area contributed by atoms with Crippen LogP contribution in [0.15, 0.2) is 0 Å². The van der Waals surface area contributed by atoms with E-state index in [1.54, 1.807) is 0 Å². The van der Waals surface area contributed by atoms with Crippen LogP contribution in [-0.2, 0) is 4.79 Å². The molecule has 4 nitrogen and oxygen atoms in total. The van der Waals surface area contributed by atoms with Crippen molar-refractivity contribution in [2.45, 2.75) is 51.1 Å². The number of carbonyl (C=O) groups is 1. The van der Waals surface area contributed by atoms with Gasteiger partial charge in [0.25, 0.3) is 0 Å². The lowest BCUT2D eigenvalue weighted by atomic mass is 9.89. The van der Waals surface area contributed by atoms with Crippen LogP contribution in [0, 0.1) is 5.92 Å². The van der Waals surface area contributed by atoms with E-state index in [4.69, 9.17) is 5.11 Å². The molecule has 2 N–H and O–H groups in total. The van der Waals surface area contributed by atoms with E-state index in [9.17, 15) is 4.79 Å². The number of hydrogen-bond acceptors (Lipinski definition) is 3. The number of aliphatic hydroxyl groups is 1. The lowest BCUT2D eigenvalue weighted by molar-refractivity contribution is -0.139. The first kappa shape index (κ1) is 12.8. The number of carbonyl (C=O) groups excluding carboxylic acids is 1. The Morgan fingerprint density at radius 2 is 2.18 bits per heavy atom. The fourth-order valence-electron chi connectivity index (χ4n) is 2.77. The smallest absolute Gasteiger partial charge is 0.240 e. The molecule has 1 aliphatic heterocycles. The Morgan fingerprint density at radius 3 is 2.71 bits per heavy atom. The van der Waals surface area contributed by atoms with Gasteiger partial charge in [0.1, 0.15) is 0 Å². The summed E-state index contributed by atoms with van der Waals surface area (Å²) in [7, 11) is 0. The van der Waals surface area contributed by atoms with Crippen molar-refractivity contribution in [3.05, 3.63) is 0 Å². The number of nitrogens with zero attached hydrogens (tertiary/aromatic N) is 1. The van der Waals surface area contributed by atoms with Gasteiger partial charge in [0, 0.05) is 12.6 Å². The molecule has 2 rings (SSSR count). The minimum atomic E-state index is -0.0223. The highest BCUT2D eigenvalue weighted by Crippen LogP contribution is 2.26. The third-order valence-electron chi connectivity index (χ3n) is 4.10. The topological polar surface area (TPSA) is 52.6 Å². The van der Waals surface area contributed by atoms with Gasteiger partial charge in [-0.05, 0) is 44.6 Å². The molecule has 0 aromatic carbocycles. The number of piperidine rings is 1. The number of hydrogen-bond donors (Lipinski definition) is 2. The van der Waals surface area contributed by atoms with Crippen LogP contribution in [-0.4, -0.2) is 47.7 Å². The number of amides is 1. The summed E-state index contributed by atoms with van der Waals surface area (Å²) in [6.07, 6.45) is 5.52. The highest BCUT2D eigenvalue weighted by Gasteiger charge is 2.34. The van der Waals surface area contributed by atoms with Gasteiger partial charge in [-0.1, -0.05) is 6.92 Å². The van der Waals surface area contributed by atoms with E-state index in [0.29, 0.717) is 18.5 Å². The molecule has 2 atom stereocenters. The van der Waals surface area contributed by atoms with E-state index < -0.39 is 0 Å². The van der Waals surface area contributed by atoms with E-state index in [0.717, 1.165) is 32.2 Å². The first-order chi connectivity index (χ1) is 8.22. The van der Waals surface area contributed by atoms with Crippen LogP contribution in [0.5, 0.6) is 0 Å². The molecule has 0 bridgehead atoms. The normalized spacial score (nSPS) is 29.8. The van der Waals surface area contributed by atoms with Crippen molar-refractivity contribution >= 4 is 5.91 Å². The van der Waals surface area contributed by atoms with E-state index >= 15 is 0 Å². The zero-order valence-electron chi connectivity index (χ0n) is 10.7. The highest BCUT2D eigenvalue weighted by molar-refractivity contribution is 5.82. The zero-order chi connectivity index (χ0) is 12.3. The zero-order valence-corrected chi connectivity index (χ0v) is 10.7. The summed E-state index contributed by atoms with van der Waals surface area (Å²) < 4.78 is 0. The summed E-state index contributed by atoms with van der Waals surface area (Å²) in [4.78, 5) is 14.3. The number of aliphatic hydroxyl groups excluding tert-OH is 1. The Labute approximate surface area is 103 Å². The Bertz CT molecular complexity index is 266. The molecular formula is C13H24N2O2. The second-order valence-electron chi connectivity index (χ2n) is 5.48. The van der Waals surface area contributed by atoms with Crippen molar-refractivity contribution in [1.82, 2.24) is 10.2 Å². The molecule has 17 heavy (non-hydrogen) atoms. The van der Waals surface area contributed by atoms with Crippen molar-refractivity contribution < 1.29 is 9.90 Å². The fraction of sp³-hybridized carbons (Fsp3) is 0.923. The predicted molar refractivity (Wildman–Crippen MR) is 66.6 cm³/mol. The van der Waals surface area contributed by atoms with Gasteiger partial charge in [0.15, 0.2) is 0 Å². The summed E-state index contributed by atoms with van der Waals surface area (Å²) in [5.41, 5.74) is 0. The van der Waals surface area contributed by atoms with Crippen molar-refractivity contribution in [2.75, 3.05) is 19.7 Å². The van der Waals surface area contributed by atoms with Crippen LogP contribution >= 0.6 is 0 Å². The summed E-state index contributed by atoms with van der Waals surface area (Å²) >= 11 is 0. The van der Waals surface area contributed by atoms with Gasteiger partial charge in [-0.15, -0.1) is 0 Å². The van der Waals surface area contributed by atoms with Crippen LogP contribution in [0.2, 0.25) is 0 Å². The van der Waals surface area contributed by atoms with E-state index in [1.807, 2.05) is 4.90 Å². The second-order valence-corrected chi connectivity index (χ2v) is 5.48. The molecule has 1 heterocycles. The van der Waals surface area contributed by atoms with Crippen LogP contribution < -0.4 is 5.32 Å². The molecular weight excluding hydrogens is 216 g/mol. The average molecular weight is 240 g/mol. The van der Waals surface area contributed by atoms with Crippen molar-refractivity contribution in [3.8, 4) is 0 Å². The summed E-state index contributed by atoms with van der Waals surface area (Å²) in [5.74, 6) is 0.831. The van der Waals surface area contributed by atoms with Gasteiger partial charge in [-0.2, -0.15) is 0 Å². The maximum absolute atomic E-state index is 12.4. The van der Waals surface area contributed by atoms with Crippen LogP contribution in [0.1, 0.15) is 39.0 Å². The second kappa shape index (κ2) is 5.83. The molecule has 0 aromatic heterocycles. The Kier molecular flexibility index (Phi) is 4.40. The average Bonchev–Trinajstić information content (AvgIpc) is 2.25. The standard InChI is InChI=1S/C13H24N2O2/c1-10-5-6-14-12(9-10)13(17)15(7-8-16)11-3-2-4-11/h10-12,14,16H,2-9H2,1H3. The Balaban J connectivity index is 1.94. The van der Waals surface area contributed by atoms with Crippen LogP contribution in [0.4, 0.5) is 0 Å². The largest absolute Gasteiger partial charge is 0.395 e. The third kappa shape index (κ3) is 2.99. The summed E-state index contributed by atoms with van der Waals surface area (Å²) in [5, 5.41) is 12.4. The minimum absolute atomic E-state index is 0.0223. The molecule has 98 valence electrons. The SMILES string of the molecule is CC1CCNC(C(=O)N(CCO)C2CCC2)C1. The third-order valence-corrected chi connectivity index (χ3v) is 4.10. The lowest BCUT2D eigenvalue weighted by Crippen LogP contribution is -2.55. The van der Waals surface area contributed by atoms with Gasteiger partial charge >= 0.3 is 0 Å². The Morgan fingerprint density at radius 1 is 1.41 bits per heavy atom. The molecule has 4 heteroatoms. The summed E-state index contributed by atoms with van der Waals surface area (Å²) in [6.45, 7) is 3.72. The van der Waals surface area contributed by atoms with E-state index in [1.165, 1.54) is 6.42 Å². The minimum Gasteiger partial charge on any atom is -0.395 e. The first-order valence-corrected chi connectivity index (χ1v) is 6.87. The van der Waals surface area contributed by atoms with Crippen LogP contribution in [0.25, 0.3) is 0 Å². The van der Waals surface area contributed by atoms with Crippen molar-refractivity contribution in [3.63, 3.8) is 0 Å². The Hall–Kier alpha value is -0.610. The number of nitrogens with one attached hydrogen (secondary N) is 1. The molecule has 2 fully saturated rings. The molecule has 0 aromatic rings. The van der Waals surface area contributed by atoms with Crippen molar-refractivity contribution in [2.24, 2.45) is 5.92 Å². The maximum Gasteiger partial charge on any atom is 0.240 e. The molecule has 1 amide bonds. The lowest BCUT2D eigenvalue weighted by Gasteiger charge is -2.40. The molecule has 0 radical (unpaired) electrons. The van der Waals surface area contributed by atoms with Crippen molar-refractivity contribution in [1.29, 1.82) is 0 Å². The molecule has 2 aliphatic rings.